The summed E-state index contributed by atoms with van der Waals surface area (Å²) in [6.45, 7) is 0. The maximum Gasteiger partial charge on any atom is 0.267 e. The molecule has 1 amide bonds. The average molecular weight is 316 g/mol. The summed E-state index contributed by atoms with van der Waals surface area (Å²) in [7, 11) is 0. The van der Waals surface area contributed by atoms with Crippen molar-refractivity contribution in [3.05, 3.63) is 71.1 Å². The van der Waals surface area contributed by atoms with E-state index in [-0.39, 0.29) is 5.57 Å². The predicted octanol–water partition coefficient (Wildman–Crippen LogP) is 3.94. The Kier molecular flexibility index (Phi) is 5.12. The van der Waals surface area contributed by atoms with E-state index in [1.807, 2.05) is 0 Å². The maximum absolute atomic E-state index is 12.8. The maximum atomic E-state index is 12.8. The van der Waals surface area contributed by atoms with Crippen LogP contribution in [0.1, 0.15) is 0 Å². The molecule has 0 radical (unpaired) electrons. The monoisotopic (exact) mass is 315 g/mol. The highest BCUT2D eigenvalue weighted by molar-refractivity contribution is 6.33. The lowest BCUT2D eigenvalue weighted by molar-refractivity contribution is -0.112. The van der Waals surface area contributed by atoms with Crippen molar-refractivity contribution in [2.75, 3.05) is 10.6 Å². The molecule has 4 nitrogen and oxygen atoms in total. The Morgan fingerprint density at radius 1 is 1.18 bits per heavy atom. The molecule has 0 aliphatic carbocycles. The first-order valence-electron chi connectivity index (χ1n) is 6.28. The van der Waals surface area contributed by atoms with Crippen LogP contribution in [0.3, 0.4) is 0 Å². The molecule has 0 saturated heterocycles. The smallest absolute Gasteiger partial charge is 0.267 e. The normalized spacial score (nSPS) is 10.7. The lowest BCUT2D eigenvalue weighted by Crippen LogP contribution is -2.14. The van der Waals surface area contributed by atoms with Crippen LogP contribution in [0.15, 0.2) is 60.3 Å². The fourth-order valence-electron chi connectivity index (χ4n) is 1.61. The van der Waals surface area contributed by atoms with Crippen LogP contribution in [0.4, 0.5) is 15.8 Å². The summed E-state index contributed by atoms with van der Waals surface area (Å²) in [5.41, 5.74) is 0.834. The predicted molar refractivity (Wildman–Crippen MR) is 83.8 cm³/mol. The molecule has 2 aromatic rings. The van der Waals surface area contributed by atoms with Gasteiger partial charge in [0.15, 0.2) is 0 Å². The molecule has 0 heterocycles. The average Bonchev–Trinajstić information content (AvgIpc) is 2.52. The van der Waals surface area contributed by atoms with E-state index < -0.39 is 11.7 Å². The summed E-state index contributed by atoms with van der Waals surface area (Å²) in [4.78, 5) is 12.0. The molecule has 0 aliphatic heterocycles. The Balaban J connectivity index is 2.09. The van der Waals surface area contributed by atoms with Gasteiger partial charge < -0.3 is 10.6 Å². The van der Waals surface area contributed by atoms with Crippen molar-refractivity contribution in [3.8, 4) is 6.07 Å². The van der Waals surface area contributed by atoms with E-state index in [1.165, 1.54) is 30.5 Å². The minimum absolute atomic E-state index is 0.135. The van der Waals surface area contributed by atoms with Gasteiger partial charge in [0.25, 0.3) is 5.91 Å². The lowest BCUT2D eigenvalue weighted by atomic mass is 10.2. The lowest BCUT2D eigenvalue weighted by Gasteiger charge is -2.06. The number of hydrogen-bond acceptors (Lipinski definition) is 3. The largest absolute Gasteiger partial charge is 0.359 e. The molecular formula is C16H11ClFN3O. The fraction of sp³-hybridized carbons (Fsp3) is 0. The molecule has 6 heteroatoms. The Morgan fingerprint density at radius 2 is 1.86 bits per heavy atom. The van der Waals surface area contributed by atoms with Gasteiger partial charge in [0.1, 0.15) is 17.5 Å². The van der Waals surface area contributed by atoms with Crippen LogP contribution in [-0.2, 0) is 4.79 Å². The van der Waals surface area contributed by atoms with Crippen LogP contribution in [0, 0.1) is 17.1 Å². The Morgan fingerprint density at radius 3 is 2.50 bits per heavy atom. The van der Waals surface area contributed by atoms with Crippen LogP contribution >= 0.6 is 11.6 Å². The van der Waals surface area contributed by atoms with E-state index in [0.29, 0.717) is 16.4 Å². The van der Waals surface area contributed by atoms with Crippen molar-refractivity contribution < 1.29 is 9.18 Å². The van der Waals surface area contributed by atoms with Gasteiger partial charge in [-0.25, -0.2) is 4.39 Å². The molecule has 0 aromatic heterocycles. The summed E-state index contributed by atoms with van der Waals surface area (Å²) >= 11 is 5.96. The van der Waals surface area contributed by atoms with Gasteiger partial charge >= 0.3 is 0 Å². The molecule has 0 spiro atoms. The Hall–Kier alpha value is -2.84. The summed E-state index contributed by atoms with van der Waals surface area (Å²) < 4.78 is 12.8. The second kappa shape index (κ2) is 7.25. The van der Waals surface area contributed by atoms with Gasteiger partial charge in [0.2, 0.25) is 0 Å². The molecule has 22 heavy (non-hydrogen) atoms. The second-order valence-corrected chi connectivity index (χ2v) is 4.66. The van der Waals surface area contributed by atoms with Crippen LogP contribution in [0.5, 0.6) is 0 Å². The highest BCUT2D eigenvalue weighted by Crippen LogP contribution is 2.20. The number of carbonyl (C=O) groups is 1. The van der Waals surface area contributed by atoms with Gasteiger partial charge in [-0.15, -0.1) is 0 Å². The van der Waals surface area contributed by atoms with Crippen molar-refractivity contribution >= 4 is 28.9 Å². The molecular weight excluding hydrogens is 305 g/mol. The Labute approximate surface area is 131 Å². The minimum Gasteiger partial charge on any atom is -0.359 e. The SMILES string of the molecule is N#C/C(=C/Nc1ccccc1Cl)C(=O)Nc1ccc(F)cc1. The summed E-state index contributed by atoms with van der Waals surface area (Å²) in [6, 6.07) is 14.0. The number of nitriles is 1. The number of amides is 1. The van der Waals surface area contributed by atoms with E-state index in [9.17, 15) is 9.18 Å². The third-order valence-electron chi connectivity index (χ3n) is 2.71. The molecule has 2 N–H and O–H groups in total. The third kappa shape index (κ3) is 4.08. The van der Waals surface area contributed by atoms with E-state index in [4.69, 9.17) is 16.9 Å². The van der Waals surface area contributed by atoms with Gasteiger partial charge in [-0.2, -0.15) is 5.26 Å². The molecule has 110 valence electrons. The summed E-state index contributed by atoms with van der Waals surface area (Å²) in [5.74, 6) is -1.01. The number of rotatable bonds is 4. The van der Waals surface area contributed by atoms with Crippen LogP contribution in [0.2, 0.25) is 5.02 Å². The quantitative estimate of drug-likeness (QED) is 0.663. The van der Waals surface area contributed by atoms with Crippen LogP contribution in [0.25, 0.3) is 0 Å². The number of anilines is 2. The fourth-order valence-corrected chi connectivity index (χ4v) is 1.80. The molecule has 0 fully saturated rings. The van der Waals surface area contributed by atoms with E-state index in [0.717, 1.165) is 0 Å². The number of carbonyl (C=O) groups excluding carboxylic acids is 1. The van der Waals surface area contributed by atoms with Gasteiger partial charge in [-0.3, -0.25) is 4.79 Å². The first kappa shape index (κ1) is 15.5. The number of para-hydroxylation sites is 1. The molecule has 0 atom stereocenters. The highest BCUT2D eigenvalue weighted by Gasteiger charge is 2.09. The minimum atomic E-state index is -0.603. The van der Waals surface area contributed by atoms with Crippen molar-refractivity contribution in [2.45, 2.75) is 0 Å². The van der Waals surface area contributed by atoms with Gasteiger partial charge in [-0.1, -0.05) is 23.7 Å². The molecule has 2 aromatic carbocycles. The number of nitrogens with zero attached hydrogens (tertiary/aromatic N) is 1. The molecule has 2 rings (SSSR count). The zero-order valence-corrected chi connectivity index (χ0v) is 12.1. The molecule has 0 saturated carbocycles. The van der Waals surface area contributed by atoms with Crippen molar-refractivity contribution in [3.63, 3.8) is 0 Å². The van der Waals surface area contributed by atoms with Gasteiger partial charge in [0, 0.05) is 11.9 Å². The topological polar surface area (TPSA) is 64.9 Å². The second-order valence-electron chi connectivity index (χ2n) is 4.26. The van der Waals surface area contributed by atoms with Crippen molar-refractivity contribution in [2.24, 2.45) is 0 Å². The standard InChI is InChI=1S/C16H11ClFN3O/c17-14-3-1-2-4-15(14)20-10-11(9-19)16(22)21-13-7-5-12(18)6-8-13/h1-8,10,20H,(H,21,22)/b11-10-. The third-order valence-corrected chi connectivity index (χ3v) is 3.04. The van der Waals surface area contributed by atoms with Crippen LogP contribution < -0.4 is 10.6 Å². The van der Waals surface area contributed by atoms with Gasteiger partial charge in [-0.05, 0) is 36.4 Å². The van der Waals surface area contributed by atoms with E-state index in [2.05, 4.69) is 10.6 Å². The summed E-state index contributed by atoms with van der Waals surface area (Å²) in [6.07, 6.45) is 1.26. The number of hydrogen-bond donors (Lipinski definition) is 2. The molecule has 0 aliphatic rings. The van der Waals surface area contributed by atoms with E-state index >= 15 is 0 Å². The van der Waals surface area contributed by atoms with Crippen molar-refractivity contribution in [1.29, 1.82) is 5.26 Å². The zero-order valence-electron chi connectivity index (χ0n) is 11.3. The summed E-state index contributed by atoms with van der Waals surface area (Å²) in [5, 5.41) is 14.8. The molecule has 0 bridgehead atoms. The van der Waals surface area contributed by atoms with Crippen molar-refractivity contribution in [1.82, 2.24) is 0 Å². The number of benzene rings is 2. The Bertz CT molecular complexity index is 751. The number of halogens is 2. The van der Waals surface area contributed by atoms with Crippen LogP contribution in [-0.4, -0.2) is 5.91 Å². The zero-order chi connectivity index (χ0) is 15.9. The highest BCUT2D eigenvalue weighted by atomic mass is 35.5. The molecule has 0 unspecified atom stereocenters. The number of nitrogens with one attached hydrogen (secondary N) is 2. The first-order chi connectivity index (χ1) is 10.6. The van der Waals surface area contributed by atoms with E-state index in [1.54, 1.807) is 30.3 Å². The first-order valence-corrected chi connectivity index (χ1v) is 6.66. The van der Waals surface area contributed by atoms with Gasteiger partial charge in [0.05, 0.1) is 10.7 Å².